The monoisotopic (exact) mass is 235 g/mol. The van der Waals surface area contributed by atoms with E-state index in [1.807, 2.05) is 0 Å². The fourth-order valence-electron chi connectivity index (χ4n) is 1.02. The van der Waals surface area contributed by atoms with Gasteiger partial charge in [-0.1, -0.05) is 0 Å². The highest BCUT2D eigenvalue weighted by Gasteiger charge is 2.04. The van der Waals surface area contributed by atoms with Gasteiger partial charge in [-0.25, -0.2) is 15.0 Å². The maximum absolute atomic E-state index is 5.54. The number of rotatable bonds is 3. The second-order valence-electron chi connectivity index (χ2n) is 2.76. The van der Waals surface area contributed by atoms with Gasteiger partial charge in [0, 0.05) is 12.3 Å². The van der Waals surface area contributed by atoms with Crippen molar-refractivity contribution in [1.29, 1.82) is 0 Å². The lowest BCUT2D eigenvalue weighted by Gasteiger charge is -2.03. The summed E-state index contributed by atoms with van der Waals surface area (Å²) in [6, 6.07) is 3.48. The molecule has 0 aliphatic rings. The molecule has 0 aliphatic heterocycles. The minimum atomic E-state index is 0.177. The van der Waals surface area contributed by atoms with Crippen molar-refractivity contribution in [3.05, 3.63) is 24.7 Å². The molecule has 0 radical (unpaired) electrons. The van der Waals surface area contributed by atoms with Crippen LogP contribution in [0.3, 0.4) is 0 Å². The summed E-state index contributed by atoms with van der Waals surface area (Å²) in [5.41, 5.74) is 5.54. The quantitative estimate of drug-likeness (QED) is 0.794. The second-order valence-corrected chi connectivity index (χ2v) is 3.80. The molecule has 6 nitrogen and oxygen atoms in total. The second kappa shape index (κ2) is 4.75. The van der Waals surface area contributed by atoms with Crippen molar-refractivity contribution in [2.24, 2.45) is 0 Å². The van der Waals surface area contributed by atoms with Gasteiger partial charge in [0.1, 0.15) is 16.4 Å². The number of nitrogen functional groups attached to an aromatic ring is 1. The lowest BCUT2D eigenvalue weighted by Crippen LogP contribution is -1.98. The van der Waals surface area contributed by atoms with Gasteiger partial charge >= 0.3 is 0 Å². The van der Waals surface area contributed by atoms with Gasteiger partial charge in [-0.3, -0.25) is 0 Å². The van der Waals surface area contributed by atoms with E-state index < -0.39 is 0 Å². The zero-order chi connectivity index (χ0) is 11.4. The van der Waals surface area contributed by atoms with Crippen molar-refractivity contribution < 1.29 is 4.74 Å². The molecule has 2 aromatic heterocycles. The molecule has 0 saturated carbocycles. The van der Waals surface area contributed by atoms with Gasteiger partial charge in [-0.2, -0.15) is 4.98 Å². The van der Waals surface area contributed by atoms with Crippen LogP contribution in [0.25, 0.3) is 0 Å². The zero-order valence-electron chi connectivity index (χ0n) is 8.49. The van der Waals surface area contributed by atoms with Crippen molar-refractivity contribution in [1.82, 2.24) is 19.9 Å². The zero-order valence-corrected chi connectivity index (χ0v) is 9.31. The number of anilines is 1. The first-order valence-electron chi connectivity index (χ1n) is 4.40. The van der Waals surface area contributed by atoms with Gasteiger partial charge in [0.15, 0.2) is 0 Å². The average molecular weight is 235 g/mol. The normalized spacial score (nSPS) is 10.1. The number of aromatic nitrogens is 4. The first-order valence-corrected chi connectivity index (χ1v) is 5.22. The van der Waals surface area contributed by atoms with Gasteiger partial charge in [0.25, 0.3) is 0 Å². The van der Waals surface area contributed by atoms with Crippen molar-refractivity contribution in [3.63, 3.8) is 0 Å². The molecule has 2 N–H and O–H groups in total. The maximum Gasteiger partial charge on any atom is 0.224 e. The Balaban J connectivity index is 2.24. The molecule has 2 rings (SSSR count). The topological polar surface area (TPSA) is 86.8 Å². The summed E-state index contributed by atoms with van der Waals surface area (Å²) in [7, 11) is 1.53. The van der Waals surface area contributed by atoms with E-state index >= 15 is 0 Å². The van der Waals surface area contributed by atoms with Crippen LogP contribution >= 0.6 is 11.8 Å². The van der Waals surface area contributed by atoms with E-state index in [0.717, 1.165) is 5.03 Å². The predicted octanol–water partition coefficient (Wildman–Crippen LogP) is 1.01. The standard InChI is InChI=1S/C9H9N5OS/c1-15-6-4-8(14-9(10)13-6)16-7-2-3-11-5-12-7/h2-5H,1H3,(H2,10,13,14). The first-order chi connectivity index (χ1) is 7.78. The van der Waals surface area contributed by atoms with Crippen LogP contribution in [-0.2, 0) is 0 Å². The molecule has 2 heterocycles. The summed E-state index contributed by atoms with van der Waals surface area (Å²) in [6.45, 7) is 0. The molecule has 0 amide bonds. The maximum atomic E-state index is 5.54. The molecule has 0 unspecified atom stereocenters. The van der Waals surface area contributed by atoms with E-state index in [4.69, 9.17) is 10.5 Å². The Kier molecular flexibility index (Phi) is 3.16. The molecule has 0 bridgehead atoms. The summed E-state index contributed by atoms with van der Waals surface area (Å²) in [6.07, 6.45) is 3.14. The number of nitrogens with two attached hydrogens (primary N) is 1. The van der Waals surface area contributed by atoms with Crippen LogP contribution in [0.4, 0.5) is 5.95 Å². The fraction of sp³-hybridized carbons (Fsp3) is 0.111. The van der Waals surface area contributed by atoms with Crippen LogP contribution in [0.1, 0.15) is 0 Å². The molecule has 0 atom stereocenters. The molecule has 7 heteroatoms. The highest BCUT2D eigenvalue weighted by atomic mass is 32.2. The Labute approximate surface area is 96.3 Å². The molecule has 2 aromatic rings. The Morgan fingerprint density at radius 2 is 2.19 bits per heavy atom. The van der Waals surface area contributed by atoms with Crippen LogP contribution in [0, 0.1) is 0 Å². The minimum absolute atomic E-state index is 0.177. The summed E-state index contributed by atoms with van der Waals surface area (Å²) in [4.78, 5) is 15.9. The Morgan fingerprint density at radius 1 is 1.31 bits per heavy atom. The molecular weight excluding hydrogens is 226 g/mol. The van der Waals surface area contributed by atoms with E-state index in [2.05, 4.69) is 19.9 Å². The van der Waals surface area contributed by atoms with Gasteiger partial charge < -0.3 is 10.5 Å². The van der Waals surface area contributed by atoms with E-state index in [-0.39, 0.29) is 5.95 Å². The van der Waals surface area contributed by atoms with Gasteiger partial charge in [-0.05, 0) is 17.8 Å². The molecular formula is C9H9N5OS. The van der Waals surface area contributed by atoms with Crippen molar-refractivity contribution in [2.75, 3.05) is 12.8 Å². The lowest BCUT2D eigenvalue weighted by atomic mass is 10.6. The van der Waals surface area contributed by atoms with Crippen LogP contribution in [0.15, 0.2) is 34.7 Å². The smallest absolute Gasteiger partial charge is 0.224 e. The summed E-state index contributed by atoms with van der Waals surface area (Å²) >= 11 is 1.37. The third-order valence-corrected chi connectivity index (χ3v) is 2.54. The number of ether oxygens (including phenoxy) is 1. The van der Waals surface area contributed by atoms with E-state index in [1.165, 1.54) is 25.2 Å². The Hall–Kier alpha value is -1.89. The van der Waals surface area contributed by atoms with Crippen LogP contribution < -0.4 is 10.5 Å². The Morgan fingerprint density at radius 3 is 2.88 bits per heavy atom. The van der Waals surface area contributed by atoms with E-state index in [1.54, 1.807) is 18.3 Å². The van der Waals surface area contributed by atoms with E-state index in [0.29, 0.717) is 10.9 Å². The highest BCUT2D eigenvalue weighted by Crippen LogP contribution is 2.26. The van der Waals surface area contributed by atoms with Crippen molar-refractivity contribution >= 4 is 17.7 Å². The number of nitrogens with zero attached hydrogens (tertiary/aromatic N) is 4. The average Bonchev–Trinajstić information content (AvgIpc) is 2.29. The predicted molar refractivity (Wildman–Crippen MR) is 59.2 cm³/mol. The number of hydrogen-bond donors (Lipinski definition) is 1. The van der Waals surface area contributed by atoms with Crippen LogP contribution in [0.5, 0.6) is 5.88 Å². The largest absolute Gasteiger partial charge is 0.481 e. The third-order valence-electron chi connectivity index (χ3n) is 1.67. The molecule has 0 saturated heterocycles. The summed E-state index contributed by atoms with van der Waals surface area (Å²) in [5.74, 6) is 0.611. The Bertz CT molecular complexity index is 479. The fourth-order valence-corrected chi connectivity index (χ4v) is 1.77. The van der Waals surface area contributed by atoms with Gasteiger partial charge in [-0.15, -0.1) is 0 Å². The molecule has 0 aliphatic carbocycles. The van der Waals surface area contributed by atoms with Crippen LogP contribution in [-0.4, -0.2) is 27.0 Å². The molecule has 0 aromatic carbocycles. The SMILES string of the molecule is COc1cc(Sc2ccncn2)nc(N)n1. The minimum Gasteiger partial charge on any atom is -0.481 e. The number of hydrogen-bond acceptors (Lipinski definition) is 7. The van der Waals surface area contributed by atoms with Gasteiger partial charge in [0.2, 0.25) is 11.8 Å². The molecule has 16 heavy (non-hydrogen) atoms. The molecule has 0 fully saturated rings. The van der Waals surface area contributed by atoms with Crippen molar-refractivity contribution in [3.8, 4) is 5.88 Å². The van der Waals surface area contributed by atoms with Gasteiger partial charge in [0.05, 0.1) is 7.11 Å². The van der Waals surface area contributed by atoms with Crippen LogP contribution in [0.2, 0.25) is 0 Å². The molecule has 82 valence electrons. The highest BCUT2D eigenvalue weighted by molar-refractivity contribution is 7.99. The lowest BCUT2D eigenvalue weighted by molar-refractivity contribution is 0.396. The third kappa shape index (κ3) is 2.57. The van der Waals surface area contributed by atoms with Crippen molar-refractivity contribution in [2.45, 2.75) is 10.1 Å². The van der Waals surface area contributed by atoms with E-state index in [9.17, 15) is 0 Å². The first kappa shape index (κ1) is 10.6. The number of methoxy groups -OCH3 is 1. The molecule has 0 spiro atoms. The summed E-state index contributed by atoms with van der Waals surface area (Å²) < 4.78 is 5.00. The summed E-state index contributed by atoms with van der Waals surface area (Å²) in [5, 5.41) is 1.47.